The fourth-order valence-electron chi connectivity index (χ4n) is 4.69. The van der Waals surface area contributed by atoms with E-state index in [-0.39, 0.29) is 17.7 Å². The third-order valence-corrected chi connectivity index (χ3v) is 6.83. The lowest BCUT2D eigenvalue weighted by molar-refractivity contribution is -0.141. The maximum Gasteiger partial charge on any atom is 0.226 e. The highest BCUT2D eigenvalue weighted by atomic mass is 16.2. The van der Waals surface area contributed by atoms with Crippen molar-refractivity contribution < 1.29 is 9.59 Å². The number of pyridine rings is 1. The fourth-order valence-corrected chi connectivity index (χ4v) is 4.69. The molecule has 0 spiro atoms. The topological polar surface area (TPSA) is 62.3 Å². The highest BCUT2D eigenvalue weighted by Crippen LogP contribution is 2.42. The van der Waals surface area contributed by atoms with Crippen LogP contribution in [0.5, 0.6) is 0 Å². The Bertz CT molecular complexity index is 948. The van der Waals surface area contributed by atoms with E-state index in [0.29, 0.717) is 44.8 Å². The standard InChI is InChI=1S/C26H31N3O2/c1-3-11-28-25(31)26(9-14-29(15-10-26)24(30)23-16-19(23)2)18-20-5-4-6-22(17-20)21-7-12-27-13-8-21/h3-8,12-13,17,19,23H,1,9-11,14-16,18H2,2H3,(H,28,31). The van der Waals surface area contributed by atoms with Crippen molar-refractivity contribution in [3.8, 4) is 11.1 Å². The molecule has 162 valence electrons. The Labute approximate surface area is 184 Å². The fraction of sp³-hybridized carbons (Fsp3) is 0.423. The van der Waals surface area contributed by atoms with E-state index in [9.17, 15) is 9.59 Å². The van der Waals surface area contributed by atoms with Gasteiger partial charge in [0.25, 0.3) is 0 Å². The Morgan fingerprint density at radius 2 is 1.90 bits per heavy atom. The lowest BCUT2D eigenvalue weighted by Crippen LogP contribution is -2.51. The van der Waals surface area contributed by atoms with E-state index in [2.05, 4.69) is 42.0 Å². The Hall–Kier alpha value is -2.95. The first-order valence-electron chi connectivity index (χ1n) is 11.2. The summed E-state index contributed by atoms with van der Waals surface area (Å²) < 4.78 is 0. The summed E-state index contributed by atoms with van der Waals surface area (Å²) in [6.45, 7) is 7.61. The van der Waals surface area contributed by atoms with Crippen molar-refractivity contribution in [1.82, 2.24) is 15.2 Å². The molecule has 1 N–H and O–H groups in total. The van der Waals surface area contributed by atoms with Crippen molar-refractivity contribution in [2.24, 2.45) is 17.3 Å². The number of aromatic nitrogens is 1. The second-order valence-electron chi connectivity index (χ2n) is 9.04. The van der Waals surface area contributed by atoms with Crippen LogP contribution >= 0.6 is 0 Å². The number of benzene rings is 1. The van der Waals surface area contributed by atoms with Crippen molar-refractivity contribution in [2.75, 3.05) is 19.6 Å². The van der Waals surface area contributed by atoms with Crippen LogP contribution in [-0.4, -0.2) is 41.3 Å². The first kappa shape index (κ1) is 21.3. The van der Waals surface area contributed by atoms with Crippen LogP contribution < -0.4 is 5.32 Å². The predicted molar refractivity (Wildman–Crippen MR) is 122 cm³/mol. The van der Waals surface area contributed by atoms with Gasteiger partial charge >= 0.3 is 0 Å². The molecule has 1 aliphatic heterocycles. The molecule has 2 atom stereocenters. The second kappa shape index (κ2) is 9.04. The van der Waals surface area contributed by atoms with Gasteiger partial charge in [0.05, 0.1) is 5.41 Å². The average molecular weight is 418 g/mol. The summed E-state index contributed by atoms with van der Waals surface area (Å²) in [5, 5.41) is 3.03. The van der Waals surface area contributed by atoms with Gasteiger partial charge in [-0.25, -0.2) is 0 Å². The van der Waals surface area contributed by atoms with Crippen LogP contribution in [0.15, 0.2) is 61.4 Å². The zero-order valence-corrected chi connectivity index (χ0v) is 18.2. The Morgan fingerprint density at radius 1 is 1.19 bits per heavy atom. The van der Waals surface area contributed by atoms with Gasteiger partial charge in [-0.1, -0.05) is 37.3 Å². The van der Waals surface area contributed by atoms with Crippen molar-refractivity contribution in [3.05, 3.63) is 67.0 Å². The van der Waals surface area contributed by atoms with E-state index in [4.69, 9.17) is 0 Å². The maximum absolute atomic E-state index is 13.2. The van der Waals surface area contributed by atoms with E-state index >= 15 is 0 Å². The Balaban J connectivity index is 1.53. The molecule has 5 nitrogen and oxygen atoms in total. The third-order valence-electron chi connectivity index (χ3n) is 6.83. The van der Waals surface area contributed by atoms with E-state index in [1.807, 2.05) is 23.1 Å². The van der Waals surface area contributed by atoms with Gasteiger partial charge < -0.3 is 10.2 Å². The van der Waals surface area contributed by atoms with Gasteiger partial charge in [-0.15, -0.1) is 6.58 Å². The molecule has 1 aromatic carbocycles. The number of hydrogen-bond donors (Lipinski definition) is 1. The molecule has 1 aliphatic carbocycles. The molecule has 2 amide bonds. The molecule has 2 aromatic rings. The average Bonchev–Trinajstić information content (AvgIpc) is 3.54. The number of amides is 2. The highest BCUT2D eigenvalue weighted by molar-refractivity contribution is 5.85. The van der Waals surface area contributed by atoms with Gasteiger partial charge in [0, 0.05) is 37.9 Å². The van der Waals surface area contributed by atoms with Crippen LogP contribution in [0.4, 0.5) is 0 Å². The minimum absolute atomic E-state index is 0.0635. The minimum atomic E-state index is -0.508. The molecule has 0 bridgehead atoms. The van der Waals surface area contributed by atoms with Crippen LogP contribution in [0.1, 0.15) is 31.7 Å². The molecular formula is C26H31N3O2. The summed E-state index contributed by atoms with van der Waals surface area (Å²) in [6.07, 6.45) is 8.33. The van der Waals surface area contributed by atoms with Crippen LogP contribution in [-0.2, 0) is 16.0 Å². The van der Waals surface area contributed by atoms with Crippen LogP contribution in [0.3, 0.4) is 0 Å². The molecule has 2 unspecified atom stereocenters. The summed E-state index contributed by atoms with van der Waals surface area (Å²) in [7, 11) is 0. The molecule has 2 aliphatic rings. The molecule has 1 saturated carbocycles. The van der Waals surface area contributed by atoms with Gasteiger partial charge in [0.15, 0.2) is 0 Å². The van der Waals surface area contributed by atoms with Gasteiger partial charge in [0.1, 0.15) is 0 Å². The molecule has 4 rings (SSSR count). The van der Waals surface area contributed by atoms with E-state index in [1.54, 1.807) is 18.5 Å². The maximum atomic E-state index is 13.2. The van der Waals surface area contributed by atoms with E-state index in [1.165, 1.54) is 0 Å². The van der Waals surface area contributed by atoms with Gasteiger partial charge in [-0.05, 0) is 60.4 Å². The zero-order chi connectivity index (χ0) is 21.8. The van der Waals surface area contributed by atoms with Gasteiger partial charge in [0.2, 0.25) is 11.8 Å². The summed E-state index contributed by atoms with van der Waals surface area (Å²) in [5.74, 6) is 1.03. The number of nitrogens with one attached hydrogen (secondary N) is 1. The SMILES string of the molecule is C=CCNC(=O)C1(Cc2cccc(-c3ccncc3)c2)CCN(C(=O)C2CC2C)CC1. The molecule has 2 heterocycles. The van der Waals surface area contributed by atoms with Crippen molar-refractivity contribution in [3.63, 3.8) is 0 Å². The third kappa shape index (κ3) is 4.71. The lowest BCUT2D eigenvalue weighted by atomic mass is 9.72. The van der Waals surface area contributed by atoms with Crippen LogP contribution in [0.2, 0.25) is 0 Å². The molecule has 0 radical (unpaired) electrons. The molecule has 1 aromatic heterocycles. The van der Waals surface area contributed by atoms with Crippen molar-refractivity contribution in [2.45, 2.75) is 32.6 Å². The molecule has 31 heavy (non-hydrogen) atoms. The van der Waals surface area contributed by atoms with Crippen LogP contribution in [0.25, 0.3) is 11.1 Å². The van der Waals surface area contributed by atoms with E-state index in [0.717, 1.165) is 23.1 Å². The van der Waals surface area contributed by atoms with Gasteiger partial charge in [-0.3, -0.25) is 14.6 Å². The molecule has 2 fully saturated rings. The smallest absolute Gasteiger partial charge is 0.226 e. The lowest BCUT2D eigenvalue weighted by Gasteiger charge is -2.41. The predicted octanol–water partition coefficient (Wildman–Crippen LogP) is 3.86. The molecule has 1 saturated heterocycles. The monoisotopic (exact) mass is 417 g/mol. The number of carbonyl (C=O) groups excluding carboxylic acids is 2. The number of carbonyl (C=O) groups is 2. The number of nitrogens with zero attached hydrogens (tertiary/aromatic N) is 2. The first-order valence-corrected chi connectivity index (χ1v) is 11.2. The number of piperidine rings is 1. The Kier molecular flexibility index (Phi) is 6.21. The summed E-state index contributed by atoms with van der Waals surface area (Å²) in [6, 6.07) is 12.4. The second-order valence-corrected chi connectivity index (χ2v) is 9.04. The summed E-state index contributed by atoms with van der Waals surface area (Å²) >= 11 is 0. The molecular weight excluding hydrogens is 386 g/mol. The summed E-state index contributed by atoms with van der Waals surface area (Å²) in [4.78, 5) is 32.0. The van der Waals surface area contributed by atoms with Crippen molar-refractivity contribution >= 4 is 11.8 Å². The normalized spacial score (nSPS) is 21.9. The number of likely N-dealkylation sites (tertiary alicyclic amines) is 1. The van der Waals surface area contributed by atoms with Gasteiger partial charge in [-0.2, -0.15) is 0 Å². The summed E-state index contributed by atoms with van der Waals surface area (Å²) in [5.41, 5.74) is 2.86. The highest BCUT2D eigenvalue weighted by Gasteiger charge is 2.46. The Morgan fingerprint density at radius 3 is 2.55 bits per heavy atom. The number of rotatable bonds is 7. The minimum Gasteiger partial charge on any atom is -0.352 e. The van der Waals surface area contributed by atoms with Crippen molar-refractivity contribution in [1.29, 1.82) is 0 Å². The molecule has 5 heteroatoms. The quantitative estimate of drug-likeness (QED) is 0.696. The largest absolute Gasteiger partial charge is 0.352 e. The zero-order valence-electron chi connectivity index (χ0n) is 18.2. The first-order chi connectivity index (χ1) is 15.0. The van der Waals surface area contributed by atoms with Crippen LogP contribution in [0, 0.1) is 17.3 Å². The van der Waals surface area contributed by atoms with E-state index < -0.39 is 5.41 Å². The number of hydrogen-bond acceptors (Lipinski definition) is 3.